The Morgan fingerprint density at radius 2 is 2.42 bits per heavy atom. The molecule has 0 aromatic carbocycles. The second-order valence-electron chi connectivity index (χ2n) is 2.34. The Balaban J connectivity index is 2.44. The Bertz CT molecular complexity index is 235. The molecule has 0 saturated carbocycles. The summed E-state index contributed by atoms with van der Waals surface area (Å²) in [6.45, 7) is 0.0845. The summed E-state index contributed by atoms with van der Waals surface area (Å²) in [7, 11) is 0. The molecule has 1 radical (unpaired) electrons. The molecule has 0 spiro atoms. The van der Waals surface area contributed by atoms with E-state index in [4.69, 9.17) is 0 Å². The van der Waals surface area contributed by atoms with E-state index < -0.39 is 12.5 Å². The molecule has 1 heterocycles. The lowest BCUT2D eigenvalue weighted by Gasteiger charge is -2.09. The molecule has 0 aliphatic carbocycles. The van der Waals surface area contributed by atoms with E-state index in [0.29, 0.717) is 0 Å². The normalized spacial score (nSPS) is 11.2. The van der Waals surface area contributed by atoms with Crippen LogP contribution in [-0.2, 0) is 0 Å². The van der Waals surface area contributed by atoms with Gasteiger partial charge < -0.3 is 4.74 Å². The topological polar surface area (TPSA) is 35.0 Å². The SMILES string of the molecule is CC(F)(F)COc1cn[c]cn1. The molecule has 0 N–H and O–H groups in total. The molecule has 1 aromatic heterocycles. The quantitative estimate of drug-likeness (QED) is 0.691. The van der Waals surface area contributed by atoms with Gasteiger partial charge in [0, 0.05) is 6.92 Å². The smallest absolute Gasteiger partial charge is 0.278 e. The van der Waals surface area contributed by atoms with E-state index in [-0.39, 0.29) is 5.88 Å². The minimum Gasteiger partial charge on any atom is -0.470 e. The number of alkyl halides is 2. The first-order valence-electron chi connectivity index (χ1n) is 3.27. The van der Waals surface area contributed by atoms with Crippen LogP contribution in [0, 0.1) is 6.20 Å². The van der Waals surface area contributed by atoms with Gasteiger partial charge in [0.15, 0.2) is 6.61 Å². The van der Waals surface area contributed by atoms with Gasteiger partial charge in [0.05, 0.1) is 12.4 Å². The lowest BCUT2D eigenvalue weighted by atomic mass is 10.4. The van der Waals surface area contributed by atoms with Crippen molar-refractivity contribution in [2.75, 3.05) is 6.61 Å². The number of ether oxygens (including phenoxy) is 1. The first kappa shape index (κ1) is 8.83. The third-order valence-corrected chi connectivity index (χ3v) is 0.973. The van der Waals surface area contributed by atoms with Crippen molar-refractivity contribution in [2.24, 2.45) is 0 Å². The van der Waals surface area contributed by atoms with E-state index in [2.05, 4.69) is 20.9 Å². The summed E-state index contributed by atoms with van der Waals surface area (Å²) in [5, 5.41) is 0. The van der Waals surface area contributed by atoms with Gasteiger partial charge in [-0.15, -0.1) is 0 Å². The zero-order chi connectivity index (χ0) is 9.03. The summed E-state index contributed by atoms with van der Waals surface area (Å²) in [5.74, 6) is -2.77. The van der Waals surface area contributed by atoms with Crippen LogP contribution < -0.4 is 4.74 Å². The van der Waals surface area contributed by atoms with Gasteiger partial charge in [-0.1, -0.05) is 0 Å². The van der Waals surface area contributed by atoms with Crippen LogP contribution in [0.25, 0.3) is 0 Å². The van der Waals surface area contributed by atoms with Crippen molar-refractivity contribution in [3.63, 3.8) is 0 Å². The molecule has 0 unspecified atom stereocenters. The molecule has 3 nitrogen and oxygen atoms in total. The summed E-state index contributed by atoms with van der Waals surface area (Å²) in [6, 6.07) is 0. The maximum absolute atomic E-state index is 12.2. The Morgan fingerprint density at radius 3 is 2.92 bits per heavy atom. The molecular formula is C7H7F2N2O. The van der Waals surface area contributed by atoms with Gasteiger partial charge in [0.2, 0.25) is 5.88 Å². The third kappa shape index (κ3) is 3.23. The number of hydrogen-bond donors (Lipinski definition) is 0. The van der Waals surface area contributed by atoms with E-state index in [0.717, 1.165) is 6.92 Å². The number of rotatable bonds is 3. The van der Waals surface area contributed by atoms with Crippen LogP contribution in [0.15, 0.2) is 12.4 Å². The summed E-state index contributed by atoms with van der Waals surface area (Å²) >= 11 is 0. The van der Waals surface area contributed by atoms with Gasteiger partial charge in [-0.05, 0) is 0 Å². The number of nitrogens with zero attached hydrogens (tertiary/aromatic N) is 2. The van der Waals surface area contributed by atoms with Crippen LogP contribution in [0.1, 0.15) is 6.92 Å². The summed E-state index contributed by atoms with van der Waals surface area (Å²) in [6.07, 6.45) is 4.88. The predicted octanol–water partition coefficient (Wildman–Crippen LogP) is 1.31. The molecule has 0 saturated heterocycles. The maximum atomic E-state index is 12.2. The fraction of sp³-hybridized carbons (Fsp3) is 0.429. The molecule has 5 heteroatoms. The average Bonchev–Trinajstić information content (AvgIpc) is 2.02. The minimum atomic E-state index is -2.85. The first-order chi connectivity index (χ1) is 5.58. The van der Waals surface area contributed by atoms with Crippen molar-refractivity contribution in [3.05, 3.63) is 18.6 Å². The molecule has 0 fully saturated rings. The second kappa shape index (κ2) is 3.42. The van der Waals surface area contributed by atoms with E-state index in [9.17, 15) is 8.78 Å². The van der Waals surface area contributed by atoms with Crippen LogP contribution in [0.4, 0.5) is 8.78 Å². The molecule has 0 bridgehead atoms. The summed E-state index contributed by atoms with van der Waals surface area (Å²) in [5.41, 5.74) is 0. The first-order valence-corrected chi connectivity index (χ1v) is 3.27. The second-order valence-corrected chi connectivity index (χ2v) is 2.34. The molecule has 65 valence electrons. The predicted molar refractivity (Wildman–Crippen MR) is 37.0 cm³/mol. The molecular weight excluding hydrogens is 166 g/mol. The van der Waals surface area contributed by atoms with Gasteiger partial charge in [-0.2, -0.15) is 0 Å². The maximum Gasteiger partial charge on any atom is 0.278 e. The Labute approximate surface area is 68.4 Å². The van der Waals surface area contributed by atoms with Gasteiger partial charge in [0.25, 0.3) is 5.92 Å². The Kier molecular flexibility index (Phi) is 2.52. The van der Waals surface area contributed by atoms with Crippen LogP contribution in [0.2, 0.25) is 0 Å². The number of aromatic nitrogens is 2. The van der Waals surface area contributed by atoms with Gasteiger partial charge in [-0.3, -0.25) is 0 Å². The molecule has 1 rings (SSSR count). The monoisotopic (exact) mass is 173 g/mol. The van der Waals surface area contributed by atoms with Gasteiger partial charge >= 0.3 is 0 Å². The van der Waals surface area contributed by atoms with Crippen molar-refractivity contribution in [1.82, 2.24) is 9.97 Å². The van der Waals surface area contributed by atoms with Crippen molar-refractivity contribution in [2.45, 2.75) is 12.8 Å². The van der Waals surface area contributed by atoms with Crippen LogP contribution in [0.5, 0.6) is 5.88 Å². The van der Waals surface area contributed by atoms with Gasteiger partial charge in [0.1, 0.15) is 6.20 Å². The highest BCUT2D eigenvalue weighted by atomic mass is 19.3. The summed E-state index contributed by atoms with van der Waals surface area (Å²) < 4.78 is 29.1. The number of hydrogen-bond acceptors (Lipinski definition) is 3. The van der Waals surface area contributed by atoms with Gasteiger partial charge in [-0.25, -0.2) is 18.7 Å². The standard InChI is InChI=1S/C7H7F2N2O/c1-7(8,9)5-12-6-4-10-2-3-11-6/h3-4H,5H2,1H3. The Hall–Kier alpha value is -1.26. The largest absolute Gasteiger partial charge is 0.470 e. The van der Waals surface area contributed by atoms with Crippen molar-refractivity contribution in [1.29, 1.82) is 0 Å². The zero-order valence-corrected chi connectivity index (χ0v) is 6.42. The molecule has 1 aromatic rings. The van der Waals surface area contributed by atoms with Crippen LogP contribution in [0.3, 0.4) is 0 Å². The Morgan fingerprint density at radius 1 is 1.67 bits per heavy atom. The fourth-order valence-corrected chi connectivity index (χ4v) is 0.527. The molecule has 0 atom stereocenters. The molecule has 12 heavy (non-hydrogen) atoms. The minimum absolute atomic E-state index is 0.0790. The van der Waals surface area contributed by atoms with E-state index in [1.165, 1.54) is 12.4 Å². The summed E-state index contributed by atoms with van der Waals surface area (Å²) in [4.78, 5) is 7.14. The highest BCUT2D eigenvalue weighted by Crippen LogP contribution is 2.13. The van der Waals surface area contributed by atoms with Crippen molar-refractivity contribution in [3.8, 4) is 5.88 Å². The lowest BCUT2D eigenvalue weighted by molar-refractivity contribution is -0.0243. The van der Waals surface area contributed by atoms with E-state index in [1.54, 1.807) is 0 Å². The van der Waals surface area contributed by atoms with Crippen LogP contribution in [-0.4, -0.2) is 22.5 Å². The molecule has 0 aliphatic rings. The molecule has 0 aliphatic heterocycles. The lowest BCUT2D eigenvalue weighted by Crippen LogP contribution is -2.21. The van der Waals surface area contributed by atoms with Crippen LogP contribution >= 0.6 is 0 Å². The van der Waals surface area contributed by atoms with E-state index in [1.807, 2.05) is 0 Å². The fourth-order valence-electron chi connectivity index (χ4n) is 0.527. The average molecular weight is 173 g/mol. The zero-order valence-electron chi connectivity index (χ0n) is 6.42. The van der Waals surface area contributed by atoms with Crippen molar-refractivity contribution < 1.29 is 13.5 Å². The highest BCUT2D eigenvalue weighted by molar-refractivity contribution is 5.00. The van der Waals surface area contributed by atoms with Crippen molar-refractivity contribution >= 4 is 0 Å². The highest BCUT2D eigenvalue weighted by Gasteiger charge is 2.22. The number of halogens is 2. The third-order valence-electron chi connectivity index (χ3n) is 0.973. The molecule has 0 amide bonds. The van der Waals surface area contributed by atoms with E-state index >= 15 is 0 Å².